The molecule has 0 bridgehead atoms. The lowest BCUT2D eigenvalue weighted by Gasteiger charge is -2.35. The summed E-state index contributed by atoms with van der Waals surface area (Å²) in [6, 6.07) is 5.33. The molecule has 1 unspecified atom stereocenters. The average molecular weight is 417 g/mol. The van der Waals surface area contributed by atoms with E-state index in [4.69, 9.17) is 14.2 Å². The van der Waals surface area contributed by atoms with Crippen molar-refractivity contribution < 1.29 is 27.4 Å². The number of hydrogen-bond donors (Lipinski definition) is 1. The van der Waals surface area contributed by atoms with E-state index in [0.29, 0.717) is 58.2 Å². The van der Waals surface area contributed by atoms with E-state index in [0.717, 1.165) is 24.5 Å². The molecule has 1 saturated heterocycles. The van der Waals surface area contributed by atoms with Crippen LogP contribution in [0.1, 0.15) is 30.6 Å². The summed E-state index contributed by atoms with van der Waals surface area (Å²) in [6.07, 6.45) is -4.03. The Bertz CT molecular complexity index is 641. The Morgan fingerprint density at radius 1 is 1.31 bits per heavy atom. The summed E-state index contributed by atoms with van der Waals surface area (Å²) in [7, 11) is 1.63. The topological polar surface area (TPSA) is 55.3 Å². The summed E-state index contributed by atoms with van der Waals surface area (Å²) in [5.41, 5.74) is -0.142. The lowest BCUT2D eigenvalue weighted by molar-refractivity contribution is -0.137. The summed E-state index contributed by atoms with van der Waals surface area (Å²) in [5.74, 6) is 0.740. The van der Waals surface area contributed by atoms with E-state index >= 15 is 0 Å². The van der Waals surface area contributed by atoms with Gasteiger partial charge in [0.05, 0.1) is 31.9 Å². The lowest BCUT2D eigenvalue weighted by Crippen LogP contribution is -2.48. The molecule has 1 N–H and O–H groups in total. The highest BCUT2D eigenvalue weighted by atomic mass is 19.4. The minimum Gasteiger partial charge on any atom is -0.382 e. The summed E-state index contributed by atoms with van der Waals surface area (Å²) < 4.78 is 55.1. The first kappa shape index (κ1) is 23.4. The van der Waals surface area contributed by atoms with Crippen molar-refractivity contribution in [3.8, 4) is 0 Å². The van der Waals surface area contributed by atoms with Crippen LogP contribution >= 0.6 is 0 Å². The van der Waals surface area contributed by atoms with Gasteiger partial charge in [0.25, 0.3) is 0 Å². The van der Waals surface area contributed by atoms with Crippen molar-refractivity contribution in [2.45, 2.75) is 25.6 Å². The highest BCUT2D eigenvalue weighted by molar-refractivity contribution is 5.80. The third-order valence-corrected chi connectivity index (χ3v) is 4.43. The van der Waals surface area contributed by atoms with Gasteiger partial charge in [-0.1, -0.05) is 12.1 Å². The van der Waals surface area contributed by atoms with Gasteiger partial charge in [-0.3, -0.25) is 4.99 Å². The molecule has 0 aliphatic carbocycles. The number of methoxy groups -OCH3 is 1. The molecule has 0 aromatic heterocycles. The molecule has 0 amide bonds. The second-order valence-electron chi connectivity index (χ2n) is 6.62. The van der Waals surface area contributed by atoms with Crippen LogP contribution in [-0.4, -0.2) is 70.6 Å². The maximum absolute atomic E-state index is 13.0. The predicted octanol–water partition coefficient (Wildman–Crippen LogP) is 3.10. The summed E-state index contributed by atoms with van der Waals surface area (Å²) in [5, 5.41) is 3.25. The quantitative estimate of drug-likeness (QED) is 0.380. The van der Waals surface area contributed by atoms with E-state index in [1.807, 2.05) is 11.8 Å². The van der Waals surface area contributed by atoms with E-state index in [-0.39, 0.29) is 0 Å². The monoisotopic (exact) mass is 417 g/mol. The van der Waals surface area contributed by atoms with Crippen molar-refractivity contribution in [2.24, 2.45) is 4.99 Å². The number of hydrogen-bond acceptors (Lipinski definition) is 4. The van der Waals surface area contributed by atoms with Crippen molar-refractivity contribution in [1.29, 1.82) is 0 Å². The van der Waals surface area contributed by atoms with E-state index in [1.165, 1.54) is 6.07 Å². The van der Waals surface area contributed by atoms with Gasteiger partial charge in [0.15, 0.2) is 5.96 Å². The van der Waals surface area contributed by atoms with Crippen LogP contribution in [0.15, 0.2) is 29.3 Å². The second kappa shape index (κ2) is 12.0. The van der Waals surface area contributed by atoms with E-state index in [9.17, 15) is 13.2 Å². The first-order chi connectivity index (χ1) is 14.0. The van der Waals surface area contributed by atoms with Crippen molar-refractivity contribution in [2.75, 3.05) is 59.7 Å². The number of nitrogens with one attached hydrogen (secondary N) is 1. The molecule has 6 nitrogen and oxygen atoms in total. The van der Waals surface area contributed by atoms with Gasteiger partial charge < -0.3 is 24.4 Å². The van der Waals surface area contributed by atoms with Crippen LogP contribution in [0.25, 0.3) is 0 Å². The molecule has 0 radical (unpaired) electrons. The Morgan fingerprint density at radius 2 is 2.14 bits per heavy atom. The summed E-state index contributed by atoms with van der Waals surface area (Å²) >= 11 is 0. The molecule has 1 aromatic carbocycles. The average Bonchev–Trinajstić information content (AvgIpc) is 2.72. The van der Waals surface area contributed by atoms with E-state index in [2.05, 4.69) is 10.3 Å². The van der Waals surface area contributed by atoms with Crippen LogP contribution in [0.2, 0.25) is 0 Å². The van der Waals surface area contributed by atoms with Gasteiger partial charge in [-0.15, -0.1) is 0 Å². The number of nitrogens with zero attached hydrogens (tertiary/aromatic N) is 2. The van der Waals surface area contributed by atoms with Crippen molar-refractivity contribution in [1.82, 2.24) is 10.2 Å². The first-order valence-electron chi connectivity index (χ1n) is 9.84. The fraction of sp³-hybridized carbons (Fsp3) is 0.650. The number of morpholine rings is 1. The SMILES string of the molecule is CCNC(=NCCCOCCOC)N1CCOC(c2cccc(C(F)(F)F)c2)C1. The van der Waals surface area contributed by atoms with Crippen LogP contribution in [0.4, 0.5) is 13.2 Å². The highest BCUT2D eigenvalue weighted by Gasteiger charge is 2.32. The standard InChI is InChI=1S/C20H30F3N3O3/c1-3-24-19(25-8-5-10-28-13-12-27-2)26-9-11-29-18(15-26)16-6-4-7-17(14-16)20(21,22)23/h4,6-7,14,18H,3,5,8-13,15H2,1-2H3,(H,24,25). The molecular formula is C20H30F3N3O3. The molecule has 0 spiro atoms. The molecule has 1 aromatic rings. The zero-order chi connectivity index (χ0) is 21.1. The molecular weight excluding hydrogens is 387 g/mol. The third kappa shape index (κ3) is 7.83. The van der Waals surface area contributed by atoms with Gasteiger partial charge in [0, 0.05) is 33.4 Å². The van der Waals surface area contributed by atoms with Crippen LogP contribution in [0, 0.1) is 0 Å². The molecule has 1 heterocycles. The molecule has 164 valence electrons. The smallest absolute Gasteiger partial charge is 0.382 e. The van der Waals surface area contributed by atoms with Gasteiger partial charge in [0.2, 0.25) is 0 Å². The van der Waals surface area contributed by atoms with Crippen molar-refractivity contribution in [3.05, 3.63) is 35.4 Å². The number of guanidine groups is 1. The zero-order valence-corrected chi connectivity index (χ0v) is 17.0. The van der Waals surface area contributed by atoms with Crippen LogP contribution in [0.3, 0.4) is 0 Å². The fourth-order valence-corrected chi connectivity index (χ4v) is 2.98. The maximum atomic E-state index is 13.0. The summed E-state index contributed by atoms with van der Waals surface area (Å²) in [4.78, 5) is 6.66. The van der Waals surface area contributed by atoms with Gasteiger partial charge in [-0.25, -0.2) is 0 Å². The van der Waals surface area contributed by atoms with Crippen molar-refractivity contribution in [3.63, 3.8) is 0 Å². The number of alkyl halides is 3. The Kier molecular flexibility index (Phi) is 9.69. The van der Waals surface area contributed by atoms with Gasteiger partial charge in [-0.2, -0.15) is 13.2 Å². The number of aliphatic imine (C=N–C) groups is 1. The molecule has 1 aliphatic heterocycles. The first-order valence-corrected chi connectivity index (χ1v) is 9.84. The number of halogens is 3. The Morgan fingerprint density at radius 3 is 2.86 bits per heavy atom. The second-order valence-corrected chi connectivity index (χ2v) is 6.62. The van der Waals surface area contributed by atoms with Crippen molar-refractivity contribution >= 4 is 5.96 Å². The molecule has 0 saturated carbocycles. The fourth-order valence-electron chi connectivity index (χ4n) is 2.98. The highest BCUT2D eigenvalue weighted by Crippen LogP contribution is 2.32. The third-order valence-electron chi connectivity index (χ3n) is 4.43. The summed E-state index contributed by atoms with van der Waals surface area (Å²) in [6.45, 7) is 6.50. The molecule has 1 fully saturated rings. The number of ether oxygens (including phenoxy) is 3. The van der Waals surface area contributed by atoms with Gasteiger partial charge in [-0.05, 0) is 31.0 Å². The Labute approximate surface area is 170 Å². The molecule has 1 atom stereocenters. The van der Waals surface area contributed by atoms with E-state index in [1.54, 1.807) is 13.2 Å². The number of benzene rings is 1. The molecule has 9 heteroatoms. The minimum atomic E-state index is -4.37. The molecule has 2 rings (SSSR count). The normalized spacial score (nSPS) is 18.2. The number of rotatable bonds is 9. The van der Waals surface area contributed by atoms with Gasteiger partial charge >= 0.3 is 6.18 Å². The van der Waals surface area contributed by atoms with Crippen LogP contribution in [0.5, 0.6) is 0 Å². The Balaban J connectivity index is 1.96. The lowest BCUT2D eigenvalue weighted by atomic mass is 10.0. The van der Waals surface area contributed by atoms with Gasteiger partial charge in [0.1, 0.15) is 6.10 Å². The molecule has 29 heavy (non-hydrogen) atoms. The van der Waals surface area contributed by atoms with Crippen LogP contribution in [-0.2, 0) is 20.4 Å². The largest absolute Gasteiger partial charge is 0.416 e. The molecule has 1 aliphatic rings. The predicted molar refractivity (Wildman–Crippen MR) is 105 cm³/mol. The van der Waals surface area contributed by atoms with Crippen LogP contribution < -0.4 is 5.32 Å². The minimum absolute atomic E-state index is 0.422. The zero-order valence-electron chi connectivity index (χ0n) is 17.0. The van der Waals surface area contributed by atoms with E-state index < -0.39 is 17.8 Å². The Hall–Kier alpha value is -1.84. The maximum Gasteiger partial charge on any atom is 0.416 e.